The summed E-state index contributed by atoms with van der Waals surface area (Å²) in [5.41, 5.74) is 1.11. The third kappa shape index (κ3) is 5.20. The lowest BCUT2D eigenvalue weighted by Crippen LogP contribution is -2.40. The van der Waals surface area contributed by atoms with Gasteiger partial charge in [-0.15, -0.1) is 0 Å². The highest BCUT2D eigenvalue weighted by atomic mass is 32.2. The Bertz CT molecular complexity index is 496. The minimum Gasteiger partial charge on any atom is -0.395 e. The van der Waals surface area contributed by atoms with E-state index >= 15 is 0 Å². The Morgan fingerprint density at radius 3 is 2.30 bits per heavy atom. The molecule has 5 nitrogen and oxygen atoms in total. The minimum absolute atomic E-state index is 0.126. The van der Waals surface area contributed by atoms with Crippen molar-refractivity contribution in [2.45, 2.75) is 31.2 Å². The average Bonchev–Trinajstić information content (AvgIpc) is 2.38. The fraction of sp³-hybridized carbons (Fsp3) is 0.571. The molecule has 20 heavy (non-hydrogen) atoms. The molecule has 0 aliphatic heterocycles. The van der Waals surface area contributed by atoms with E-state index in [1.54, 1.807) is 12.1 Å². The smallest absolute Gasteiger partial charge is 0.240 e. The van der Waals surface area contributed by atoms with Crippen LogP contribution in [0.15, 0.2) is 29.2 Å². The van der Waals surface area contributed by atoms with E-state index in [2.05, 4.69) is 18.6 Å². The molecule has 1 unspecified atom stereocenters. The second-order valence-electron chi connectivity index (χ2n) is 5.20. The van der Waals surface area contributed by atoms with Crippen LogP contribution in [0.3, 0.4) is 0 Å². The lowest BCUT2D eigenvalue weighted by atomic mass is 10.0. The molecule has 1 aromatic rings. The first-order valence-corrected chi connectivity index (χ1v) is 8.08. The summed E-state index contributed by atoms with van der Waals surface area (Å²) in [5, 5.41) is 9.10. The van der Waals surface area contributed by atoms with Gasteiger partial charge in [-0.05, 0) is 30.0 Å². The normalized spacial score (nSPS) is 13.7. The maximum atomic E-state index is 12.1. The van der Waals surface area contributed by atoms with Gasteiger partial charge in [0.2, 0.25) is 10.0 Å². The Kier molecular flexibility index (Phi) is 6.61. The van der Waals surface area contributed by atoms with Crippen LogP contribution in [0.2, 0.25) is 0 Å². The van der Waals surface area contributed by atoms with Crippen molar-refractivity contribution < 1.29 is 18.3 Å². The fourth-order valence-corrected chi connectivity index (χ4v) is 3.10. The second-order valence-corrected chi connectivity index (χ2v) is 6.91. The van der Waals surface area contributed by atoms with Crippen molar-refractivity contribution in [3.63, 3.8) is 0 Å². The molecule has 0 fully saturated rings. The maximum Gasteiger partial charge on any atom is 0.240 e. The molecule has 0 heterocycles. The van der Waals surface area contributed by atoms with Crippen molar-refractivity contribution in [2.24, 2.45) is 5.92 Å². The molecule has 1 rings (SSSR count). The topological polar surface area (TPSA) is 75.6 Å². The van der Waals surface area contributed by atoms with Gasteiger partial charge in [-0.25, -0.2) is 13.1 Å². The Hall–Kier alpha value is -0.950. The van der Waals surface area contributed by atoms with Gasteiger partial charge in [0.15, 0.2) is 0 Å². The van der Waals surface area contributed by atoms with Crippen LogP contribution in [0.5, 0.6) is 0 Å². The number of aliphatic hydroxyl groups is 1. The highest BCUT2D eigenvalue weighted by molar-refractivity contribution is 7.89. The summed E-state index contributed by atoms with van der Waals surface area (Å²) in [7, 11) is -2.17. The van der Waals surface area contributed by atoms with Gasteiger partial charge in [0.1, 0.15) is 0 Å². The number of hydrogen-bond donors (Lipinski definition) is 2. The quantitative estimate of drug-likeness (QED) is 0.756. The zero-order valence-electron chi connectivity index (χ0n) is 12.2. The van der Waals surface area contributed by atoms with E-state index in [0.717, 1.165) is 12.0 Å². The third-order valence-corrected chi connectivity index (χ3v) is 4.32. The highest BCUT2D eigenvalue weighted by Crippen LogP contribution is 2.14. The number of rotatable bonds is 8. The molecular weight excluding hydrogens is 278 g/mol. The molecule has 0 aliphatic carbocycles. The molecule has 0 bridgehead atoms. The molecule has 0 amide bonds. The van der Waals surface area contributed by atoms with Crippen LogP contribution in [0, 0.1) is 5.92 Å². The SMILES string of the molecule is COCC(CO)NS(=O)(=O)c1ccc(CC(C)C)cc1. The first-order chi connectivity index (χ1) is 9.39. The molecule has 0 radical (unpaired) electrons. The van der Waals surface area contributed by atoms with Crippen molar-refractivity contribution in [1.29, 1.82) is 0 Å². The molecule has 0 saturated heterocycles. The van der Waals surface area contributed by atoms with E-state index in [1.807, 2.05) is 12.1 Å². The summed E-state index contributed by atoms with van der Waals surface area (Å²) in [4.78, 5) is 0.194. The fourth-order valence-electron chi connectivity index (χ4n) is 1.89. The first-order valence-electron chi connectivity index (χ1n) is 6.60. The van der Waals surface area contributed by atoms with Crippen LogP contribution in [0.4, 0.5) is 0 Å². The predicted molar refractivity (Wildman–Crippen MR) is 78.1 cm³/mol. The van der Waals surface area contributed by atoms with Gasteiger partial charge < -0.3 is 9.84 Å². The van der Waals surface area contributed by atoms with Crippen molar-refractivity contribution in [1.82, 2.24) is 4.72 Å². The Balaban J connectivity index is 2.81. The van der Waals surface area contributed by atoms with Gasteiger partial charge in [0.25, 0.3) is 0 Å². The standard InChI is InChI=1S/C14H23NO4S/c1-11(2)8-12-4-6-14(7-5-12)20(17,18)15-13(9-16)10-19-3/h4-7,11,13,15-16H,8-10H2,1-3H3. The van der Waals surface area contributed by atoms with E-state index in [-0.39, 0.29) is 18.1 Å². The van der Waals surface area contributed by atoms with Crippen LogP contribution < -0.4 is 4.72 Å². The number of aliphatic hydroxyl groups excluding tert-OH is 1. The van der Waals surface area contributed by atoms with Crippen molar-refractivity contribution >= 4 is 10.0 Å². The zero-order chi connectivity index (χ0) is 15.2. The van der Waals surface area contributed by atoms with Crippen LogP contribution in [-0.4, -0.2) is 39.9 Å². The Labute approximate surface area is 121 Å². The molecule has 0 aliphatic rings. The molecule has 6 heteroatoms. The van der Waals surface area contributed by atoms with E-state index < -0.39 is 16.1 Å². The van der Waals surface area contributed by atoms with E-state index in [4.69, 9.17) is 9.84 Å². The van der Waals surface area contributed by atoms with E-state index in [1.165, 1.54) is 7.11 Å². The van der Waals surface area contributed by atoms with Gasteiger partial charge in [-0.3, -0.25) is 0 Å². The Morgan fingerprint density at radius 1 is 1.25 bits per heavy atom. The molecule has 0 saturated carbocycles. The van der Waals surface area contributed by atoms with Gasteiger partial charge in [0.05, 0.1) is 24.2 Å². The van der Waals surface area contributed by atoms with Crippen LogP contribution >= 0.6 is 0 Å². The number of sulfonamides is 1. The summed E-state index contributed by atoms with van der Waals surface area (Å²) < 4.78 is 31.5. The Morgan fingerprint density at radius 2 is 1.85 bits per heavy atom. The number of nitrogens with one attached hydrogen (secondary N) is 1. The van der Waals surface area contributed by atoms with E-state index in [0.29, 0.717) is 5.92 Å². The molecule has 1 atom stereocenters. The number of ether oxygens (including phenoxy) is 1. The van der Waals surface area contributed by atoms with Crippen molar-refractivity contribution in [3.05, 3.63) is 29.8 Å². The van der Waals surface area contributed by atoms with Gasteiger partial charge >= 0.3 is 0 Å². The van der Waals surface area contributed by atoms with Gasteiger partial charge in [0, 0.05) is 7.11 Å². The summed E-state index contributed by atoms with van der Waals surface area (Å²) >= 11 is 0. The van der Waals surface area contributed by atoms with Crippen molar-refractivity contribution in [3.8, 4) is 0 Å². The van der Waals surface area contributed by atoms with Crippen LogP contribution in [0.25, 0.3) is 0 Å². The van der Waals surface area contributed by atoms with Crippen molar-refractivity contribution in [2.75, 3.05) is 20.3 Å². The first kappa shape index (κ1) is 17.1. The number of hydrogen-bond acceptors (Lipinski definition) is 4. The number of benzene rings is 1. The third-order valence-electron chi connectivity index (χ3n) is 2.79. The summed E-state index contributed by atoms with van der Waals surface area (Å²) in [5.74, 6) is 0.524. The maximum absolute atomic E-state index is 12.1. The second kappa shape index (κ2) is 7.73. The van der Waals surface area contributed by atoms with Crippen LogP contribution in [0.1, 0.15) is 19.4 Å². The molecule has 114 valence electrons. The van der Waals surface area contributed by atoms with E-state index in [9.17, 15) is 8.42 Å². The van der Waals surface area contributed by atoms with Crippen LogP contribution in [-0.2, 0) is 21.2 Å². The zero-order valence-corrected chi connectivity index (χ0v) is 13.0. The van der Waals surface area contributed by atoms with Gasteiger partial charge in [-0.1, -0.05) is 26.0 Å². The molecule has 0 spiro atoms. The highest BCUT2D eigenvalue weighted by Gasteiger charge is 2.19. The molecule has 1 aromatic carbocycles. The lowest BCUT2D eigenvalue weighted by Gasteiger charge is -2.15. The summed E-state index contributed by atoms with van der Waals surface area (Å²) in [6.07, 6.45) is 0.913. The lowest BCUT2D eigenvalue weighted by molar-refractivity contribution is 0.139. The largest absolute Gasteiger partial charge is 0.395 e. The summed E-state index contributed by atoms with van der Waals surface area (Å²) in [6, 6.07) is 6.17. The minimum atomic E-state index is -3.63. The molecule has 0 aromatic heterocycles. The van der Waals surface area contributed by atoms with Gasteiger partial charge in [-0.2, -0.15) is 0 Å². The number of methoxy groups -OCH3 is 1. The predicted octanol–water partition coefficient (Wildman–Crippen LogP) is 1.17. The molecule has 2 N–H and O–H groups in total. The average molecular weight is 301 g/mol. The molecular formula is C14H23NO4S. The summed E-state index contributed by atoms with van der Waals surface area (Å²) in [6.45, 7) is 4.05. The monoisotopic (exact) mass is 301 g/mol.